The largest absolute Gasteiger partial charge is 0.481 e. The molecule has 1 unspecified atom stereocenters. The number of hydrogen-bond acceptors (Lipinski definition) is 5. The van der Waals surface area contributed by atoms with E-state index in [-0.39, 0.29) is 29.8 Å². The minimum Gasteiger partial charge on any atom is -0.481 e. The number of carboxylic acid groups (broad SMARTS) is 1. The lowest BCUT2D eigenvalue weighted by Gasteiger charge is -2.14. The molecule has 0 fully saturated rings. The maximum atomic E-state index is 12.6. The summed E-state index contributed by atoms with van der Waals surface area (Å²) in [6.07, 6.45) is 1.24. The Hall–Kier alpha value is -2.77. The van der Waals surface area contributed by atoms with Gasteiger partial charge in [0.2, 0.25) is 11.7 Å². The Kier molecular flexibility index (Phi) is 6.21. The van der Waals surface area contributed by atoms with Gasteiger partial charge in [0.05, 0.1) is 11.7 Å². The number of nitrogens with one attached hydrogen (secondary N) is 1. The molecule has 0 aliphatic carbocycles. The number of carboxylic acids is 1. The maximum Gasteiger partial charge on any atom is 0.303 e. The number of nitrogens with zero attached hydrogens (tertiary/aromatic N) is 1. The van der Waals surface area contributed by atoms with Gasteiger partial charge >= 0.3 is 5.97 Å². The minimum absolute atomic E-state index is 0.0156. The molecule has 7 nitrogen and oxygen atoms in total. The molecule has 130 valence electrons. The van der Waals surface area contributed by atoms with E-state index < -0.39 is 23.7 Å². The molecule has 25 heavy (non-hydrogen) atoms. The van der Waals surface area contributed by atoms with Gasteiger partial charge in [0.15, 0.2) is 0 Å². The summed E-state index contributed by atoms with van der Waals surface area (Å²) in [6.45, 7) is 0. The second-order valence-corrected chi connectivity index (χ2v) is 5.70. The van der Waals surface area contributed by atoms with Crippen molar-refractivity contribution in [2.45, 2.75) is 18.9 Å². The number of benzene rings is 1. The third-order valence-corrected chi connectivity index (χ3v) is 3.62. The Morgan fingerprint density at radius 2 is 2.00 bits per heavy atom. The fourth-order valence-electron chi connectivity index (χ4n) is 2.08. The second-order valence-electron chi connectivity index (χ2n) is 5.26. The number of rotatable bonds is 7. The minimum atomic E-state index is -1.04. The van der Waals surface area contributed by atoms with Crippen LogP contribution >= 0.6 is 11.6 Å². The van der Waals surface area contributed by atoms with Crippen molar-refractivity contribution in [2.24, 2.45) is 5.73 Å². The van der Waals surface area contributed by atoms with Gasteiger partial charge in [-0.15, -0.1) is 0 Å². The van der Waals surface area contributed by atoms with Crippen LogP contribution in [0.3, 0.4) is 0 Å². The van der Waals surface area contributed by atoms with Gasteiger partial charge in [0.1, 0.15) is 5.69 Å². The van der Waals surface area contributed by atoms with Crippen LogP contribution in [0, 0.1) is 0 Å². The van der Waals surface area contributed by atoms with Crippen molar-refractivity contribution in [1.82, 2.24) is 4.98 Å². The van der Waals surface area contributed by atoms with E-state index in [0.29, 0.717) is 5.02 Å². The van der Waals surface area contributed by atoms with E-state index in [1.165, 1.54) is 24.4 Å². The molecule has 2 rings (SSSR count). The number of halogens is 1. The van der Waals surface area contributed by atoms with Gasteiger partial charge < -0.3 is 16.2 Å². The molecule has 8 heteroatoms. The number of hydrogen-bond donors (Lipinski definition) is 3. The molecular weight excluding hydrogens is 346 g/mol. The van der Waals surface area contributed by atoms with Crippen molar-refractivity contribution in [1.29, 1.82) is 0 Å². The van der Waals surface area contributed by atoms with Crippen LogP contribution in [-0.2, 0) is 9.59 Å². The topological polar surface area (TPSA) is 122 Å². The summed E-state index contributed by atoms with van der Waals surface area (Å²) in [5.41, 5.74) is 6.29. The number of ketones is 1. The molecule has 0 bridgehead atoms. The van der Waals surface area contributed by atoms with Crippen LogP contribution in [0.25, 0.3) is 0 Å². The zero-order valence-electron chi connectivity index (χ0n) is 13.1. The Morgan fingerprint density at radius 3 is 2.64 bits per heavy atom. The van der Waals surface area contributed by atoms with Crippen LogP contribution in [0.1, 0.15) is 28.9 Å². The average Bonchev–Trinajstić information content (AvgIpc) is 2.61. The molecule has 0 spiro atoms. The van der Waals surface area contributed by atoms with Crippen molar-refractivity contribution in [3.63, 3.8) is 0 Å². The number of aromatic nitrogens is 1. The number of amides is 1. The molecule has 0 saturated carbocycles. The summed E-state index contributed by atoms with van der Waals surface area (Å²) in [7, 11) is 0. The highest BCUT2D eigenvalue weighted by molar-refractivity contribution is 6.31. The molecule has 2 aromatic rings. The average molecular weight is 362 g/mol. The van der Waals surface area contributed by atoms with Crippen molar-refractivity contribution in [3.05, 3.63) is 58.9 Å². The predicted molar refractivity (Wildman–Crippen MR) is 92.6 cm³/mol. The van der Waals surface area contributed by atoms with Gasteiger partial charge in [0, 0.05) is 23.2 Å². The molecule has 1 atom stereocenters. The van der Waals surface area contributed by atoms with Crippen LogP contribution in [0.5, 0.6) is 0 Å². The second kappa shape index (κ2) is 8.36. The smallest absolute Gasteiger partial charge is 0.303 e. The van der Waals surface area contributed by atoms with Crippen LogP contribution in [-0.4, -0.2) is 33.8 Å². The number of aliphatic carboxylic acids is 1. The molecule has 4 N–H and O–H groups in total. The predicted octanol–water partition coefficient (Wildman–Crippen LogP) is 2.10. The van der Waals surface area contributed by atoms with Gasteiger partial charge in [0.25, 0.3) is 0 Å². The Balaban J connectivity index is 2.22. The third-order valence-electron chi connectivity index (χ3n) is 3.39. The first-order chi connectivity index (χ1) is 11.9. The fourth-order valence-corrected chi connectivity index (χ4v) is 2.26. The SMILES string of the molecule is NC(CCC(=O)O)C(=O)Nc1ccc(Cl)cc1C(=O)c1ccccn1. The third kappa shape index (κ3) is 5.10. The molecule has 1 aromatic carbocycles. The number of carbonyl (C=O) groups excluding carboxylic acids is 2. The van der Waals surface area contributed by atoms with Gasteiger partial charge in [-0.1, -0.05) is 17.7 Å². The summed E-state index contributed by atoms with van der Waals surface area (Å²) < 4.78 is 0. The van der Waals surface area contributed by atoms with E-state index in [1.54, 1.807) is 18.2 Å². The van der Waals surface area contributed by atoms with Crippen molar-refractivity contribution < 1.29 is 19.5 Å². The highest BCUT2D eigenvalue weighted by Gasteiger charge is 2.20. The fraction of sp³-hybridized carbons (Fsp3) is 0.176. The lowest BCUT2D eigenvalue weighted by atomic mass is 10.0. The van der Waals surface area contributed by atoms with E-state index in [4.69, 9.17) is 22.4 Å². The summed E-state index contributed by atoms with van der Waals surface area (Å²) in [4.78, 5) is 39.3. The molecule has 1 heterocycles. The number of nitrogens with two attached hydrogens (primary N) is 1. The first-order valence-corrected chi connectivity index (χ1v) is 7.80. The summed E-state index contributed by atoms with van der Waals surface area (Å²) in [5, 5.41) is 11.5. The van der Waals surface area contributed by atoms with E-state index in [9.17, 15) is 14.4 Å². The molecule has 0 aliphatic rings. The first kappa shape index (κ1) is 18.6. The number of carbonyl (C=O) groups is 3. The van der Waals surface area contributed by atoms with Crippen LogP contribution in [0.4, 0.5) is 5.69 Å². The lowest BCUT2D eigenvalue weighted by Crippen LogP contribution is -2.36. The molecule has 1 amide bonds. The van der Waals surface area contributed by atoms with Crippen molar-refractivity contribution >= 4 is 34.9 Å². The first-order valence-electron chi connectivity index (χ1n) is 7.42. The van der Waals surface area contributed by atoms with Crippen LogP contribution in [0.15, 0.2) is 42.6 Å². The van der Waals surface area contributed by atoms with E-state index in [1.807, 2.05) is 0 Å². The molecule has 0 aliphatic heterocycles. The standard InChI is InChI=1S/C17H16ClN3O4/c18-10-4-6-13(21-17(25)12(19)5-7-15(22)23)11(9-10)16(24)14-3-1-2-8-20-14/h1-4,6,8-9,12H,5,7,19H2,(H,21,25)(H,22,23). The van der Waals surface area contributed by atoms with E-state index in [0.717, 1.165) is 0 Å². The molecule has 1 aromatic heterocycles. The van der Waals surface area contributed by atoms with E-state index in [2.05, 4.69) is 10.3 Å². The normalized spacial score (nSPS) is 11.6. The van der Waals surface area contributed by atoms with Gasteiger partial charge in [-0.2, -0.15) is 0 Å². The molecule has 0 radical (unpaired) electrons. The van der Waals surface area contributed by atoms with E-state index >= 15 is 0 Å². The van der Waals surface area contributed by atoms with Crippen LogP contribution < -0.4 is 11.1 Å². The summed E-state index contributed by atoms with van der Waals surface area (Å²) in [5.74, 6) is -2.03. The highest BCUT2D eigenvalue weighted by atomic mass is 35.5. The van der Waals surface area contributed by atoms with Gasteiger partial charge in [-0.05, 0) is 36.8 Å². The number of pyridine rings is 1. The summed E-state index contributed by atoms with van der Waals surface area (Å²) in [6, 6.07) is 8.33. The zero-order chi connectivity index (χ0) is 18.4. The monoisotopic (exact) mass is 361 g/mol. The molecular formula is C17H16ClN3O4. The van der Waals surface area contributed by atoms with Gasteiger partial charge in [-0.25, -0.2) is 0 Å². The van der Waals surface area contributed by atoms with Crippen LogP contribution in [0.2, 0.25) is 5.02 Å². The highest BCUT2D eigenvalue weighted by Crippen LogP contribution is 2.23. The number of anilines is 1. The zero-order valence-corrected chi connectivity index (χ0v) is 13.9. The molecule has 0 saturated heterocycles. The summed E-state index contributed by atoms with van der Waals surface area (Å²) >= 11 is 5.96. The lowest BCUT2D eigenvalue weighted by molar-refractivity contribution is -0.137. The van der Waals surface area contributed by atoms with Crippen molar-refractivity contribution in [3.8, 4) is 0 Å². The quantitative estimate of drug-likeness (QED) is 0.649. The Morgan fingerprint density at radius 1 is 1.24 bits per heavy atom. The Bertz CT molecular complexity index is 796. The maximum absolute atomic E-state index is 12.6. The Labute approximate surface area is 148 Å². The van der Waals surface area contributed by atoms with Crippen molar-refractivity contribution in [2.75, 3.05) is 5.32 Å². The van der Waals surface area contributed by atoms with Gasteiger partial charge in [-0.3, -0.25) is 19.4 Å².